The number of rotatable bonds is 7. The van der Waals surface area contributed by atoms with Crippen LogP contribution in [-0.4, -0.2) is 74.6 Å². The molecular weight excluding hydrogens is 436 g/mol. The van der Waals surface area contributed by atoms with Gasteiger partial charge in [0.05, 0.1) is 0 Å². The van der Waals surface area contributed by atoms with Crippen molar-refractivity contribution < 1.29 is 49.3 Å². The van der Waals surface area contributed by atoms with Gasteiger partial charge < -0.3 is 39.7 Å². The lowest BCUT2D eigenvalue weighted by molar-refractivity contribution is -0.278. The van der Waals surface area contributed by atoms with E-state index in [1.165, 1.54) is 55.5 Å². The van der Waals surface area contributed by atoms with Gasteiger partial charge in [0.2, 0.25) is 6.29 Å². The van der Waals surface area contributed by atoms with Gasteiger partial charge >= 0.3 is 5.97 Å². The third-order valence-corrected chi connectivity index (χ3v) is 4.98. The van der Waals surface area contributed by atoms with Gasteiger partial charge in [-0.1, -0.05) is 6.07 Å². The van der Waals surface area contributed by atoms with Gasteiger partial charge in [-0.05, 0) is 55.0 Å². The van der Waals surface area contributed by atoms with E-state index in [9.17, 15) is 35.1 Å². The van der Waals surface area contributed by atoms with E-state index in [-0.39, 0.29) is 23.0 Å². The summed E-state index contributed by atoms with van der Waals surface area (Å²) >= 11 is 0. The molecule has 0 aliphatic carbocycles. The summed E-state index contributed by atoms with van der Waals surface area (Å²) in [5.74, 6) is -1.32. The number of hydrogen-bond acceptors (Lipinski definition) is 10. The first-order chi connectivity index (χ1) is 15.7. The maximum Gasteiger partial charge on any atom is 0.330 e. The Morgan fingerprint density at radius 1 is 0.970 bits per heavy atom. The number of aliphatic hydroxyl groups excluding tert-OH is 3. The molecule has 1 aliphatic rings. The maximum atomic E-state index is 12.0. The van der Waals surface area contributed by atoms with Crippen molar-refractivity contribution in [3.05, 3.63) is 59.7 Å². The van der Waals surface area contributed by atoms with Crippen LogP contribution in [0.3, 0.4) is 0 Å². The number of aromatic hydroxyl groups is 2. The largest absolute Gasteiger partial charge is 0.504 e. The Labute approximate surface area is 188 Å². The number of ketones is 1. The maximum absolute atomic E-state index is 12.0. The summed E-state index contributed by atoms with van der Waals surface area (Å²) in [7, 11) is 0. The Morgan fingerprint density at radius 3 is 2.30 bits per heavy atom. The molecule has 1 saturated heterocycles. The number of carbonyl (C=O) groups excluding carboxylic acids is 2. The van der Waals surface area contributed by atoms with Crippen LogP contribution < -0.4 is 4.74 Å². The number of benzene rings is 2. The molecule has 0 spiro atoms. The molecule has 176 valence electrons. The van der Waals surface area contributed by atoms with Crippen LogP contribution in [0.1, 0.15) is 22.8 Å². The zero-order valence-corrected chi connectivity index (χ0v) is 17.6. The van der Waals surface area contributed by atoms with Gasteiger partial charge in [0, 0.05) is 11.6 Å². The molecule has 1 fully saturated rings. The number of phenolic OH excluding ortho intramolecular Hbond substituents is 2. The molecule has 5 N–H and O–H groups in total. The Bertz CT molecular complexity index is 1020. The molecule has 0 amide bonds. The van der Waals surface area contributed by atoms with E-state index < -0.39 is 43.3 Å². The fraction of sp³-hybridized carbons (Fsp3) is 0.304. The topological polar surface area (TPSA) is 163 Å². The lowest BCUT2D eigenvalue weighted by Crippen LogP contribution is -2.60. The average molecular weight is 460 g/mol. The summed E-state index contributed by atoms with van der Waals surface area (Å²) in [5.41, 5.74) is 0.891. The highest BCUT2D eigenvalue weighted by Crippen LogP contribution is 2.26. The summed E-state index contributed by atoms with van der Waals surface area (Å²) in [4.78, 5) is 23.4. The highest BCUT2D eigenvalue weighted by atomic mass is 16.7. The molecule has 10 nitrogen and oxygen atoms in total. The highest BCUT2D eigenvalue weighted by Gasteiger charge is 2.45. The summed E-state index contributed by atoms with van der Waals surface area (Å²) < 4.78 is 16.1. The third-order valence-electron chi connectivity index (χ3n) is 4.98. The second-order valence-electron chi connectivity index (χ2n) is 7.42. The van der Waals surface area contributed by atoms with E-state index in [1.807, 2.05) is 0 Å². The smallest absolute Gasteiger partial charge is 0.330 e. The van der Waals surface area contributed by atoms with Gasteiger partial charge in [0.25, 0.3) is 0 Å². The summed E-state index contributed by atoms with van der Waals surface area (Å²) in [6.45, 7) is 0.968. The van der Waals surface area contributed by atoms with Crippen molar-refractivity contribution in [2.75, 3.05) is 6.61 Å². The molecule has 2 aromatic carbocycles. The van der Waals surface area contributed by atoms with Crippen molar-refractivity contribution in [1.29, 1.82) is 0 Å². The molecule has 2 aromatic rings. The van der Waals surface area contributed by atoms with Gasteiger partial charge in [-0.15, -0.1) is 0 Å². The van der Waals surface area contributed by atoms with Crippen LogP contribution in [0.5, 0.6) is 17.2 Å². The molecule has 1 aliphatic heterocycles. The Hall–Kier alpha value is -3.44. The third kappa shape index (κ3) is 6.08. The number of Topliss-reactive ketones (excluding diaryl/α,β-unsaturated/α-hetero) is 1. The van der Waals surface area contributed by atoms with Crippen LogP contribution >= 0.6 is 0 Å². The quantitative estimate of drug-likeness (QED) is 0.172. The number of hydrogen-bond donors (Lipinski definition) is 5. The minimum atomic E-state index is -1.63. The van der Waals surface area contributed by atoms with Crippen LogP contribution in [0.2, 0.25) is 0 Å². The lowest BCUT2D eigenvalue weighted by atomic mass is 9.99. The minimum Gasteiger partial charge on any atom is -0.504 e. The lowest BCUT2D eigenvalue weighted by Gasteiger charge is -2.39. The molecule has 0 saturated carbocycles. The molecule has 5 atom stereocenters. The molecular formula is C23H24O10. The minimum absolute atomic E-state index is 0.132. The molecule has 0 aromatic heterocycles. The van der Waals surface area contributed by atoms with Crippen molar-refractivity contribution in [2.24, 2.45) is 0 Å². The van der Waals surface area contributed by atoms with Crippen LogP contribution in [0, 0.1) is 0 Å². The van der Waals surface area contributed by atoms with Crippen LogP contribution in [0.4, 0.5) is 0 Å². The predicted octanol–water partition coefficient (Wildman–Crippen LogP) is 0.743. The Morgan fingerprint density at radius 2 is 1.67 bits per heavy atom. The van der Waals surface area contributed by atoms with Crippen molar-refractivity contribution in [3.8, 4) is 17.2 Å². The summed E-state index contributed by atoms with van der Waals surface area (Å²) in [6, 6.07) is 10.0. The average Bonchev–Trinajstić information content (AvgIpc) is 2.79. The number of carbonyl (C=O) groups is 2. The van der Waals surface area contributed by atoms with Crippen LogP contribution in [-0.2, 0) is 14.3 Å². The SMILES string of the molecule is CC(=O)c1ccc(OC2OC(COC(=O)C=Cc3ccc(O)c(O)c3)C(O)C(O)C2O)cc1. The van der Waals surface area contributed by atoms with Crippen molar-refractivity contribution in [1.82, 2.24) is 0 Å². The standard InChI is InChI=1S/C23H24O10/c1-12(24)14-4-6-15(7-5-14)32-23-22(30)21(29)20(28)18(33-23)11-31-19(27)9-3-13-2-8-16(25)17(26)10-13/h2-10,18,20-23,25-26,28-30H,11H2,1H3. The molecule has 10 heteroatoms. The predicted molar refractivity (Wildman–Crippen MR) is 114 cm³/mol. The van der Waals surface area contributed by atoms with Crippen LogP contribution in [0.25, 0.3) is 6.08 Å². The van der Waals surface area contributed by atoms with Crippen molar-refractivity contribution in [3.63, 3.8) is 0 Å². The molecule has 5 unspecified atom stereocenters. The van der Waals surface area contributed by atoms with Gasteiger partial charge in [0.15, 0.2) is 17.3 Å². The van der Waals surface area contributed by atoms with Crippen molar-refractivity contribution in [2.45, 2.75) is 37.6 Å². The number of aliphatic hydroxyl groups is 3. The first-order valence-electron chi connectivity index (χ1n) is 10.00. The molecule has 1 heterocycles. The summed E-state index contributed by atoms with van der Waals surface area (Å²) in [6.07, 6.45) is -4.91. The zero-order valence-electron chi connectivity index (χ0n) is 17.6. The first kappa shape index (κ1) is 24.2. The second-order valence-corrected chi connectivity index (χ2v) is 7.42. The van der Waals surface area contributed by atoms with Gasteiger partial charge in [-0.3, -0.25) is 4.79 Å². The molecule has 3 rings (SSSR count). The monoisotopic (exact) mass is 460 g/mol. The Balaban J connectivity index is 1.59. The van der Waals surface area contributed by atoms with E-state index in [0.29, 0.717) is 11.1 Å². The number of phenols is 2. The van der Waals surface area contributed by atoms with Gasteiger partial charge in [0.1, 0.15) is 36.8 Å². The highest BCUT2D eigenvalue weighted by molar-refractivity contribution is 5.94. The van der Waals surface area contributed by atoms with E-state index in [4.69, 9.17) is 14.2 Å². The van der Waals surface area contributed by atoms with Crippen LogP contribution in [0.15, 0.2) is 48.5 Å². The first-order valence-corrected chi connectivity index (χ1v) is 10.00. The van der Waals surface area contributed by atoms with Crippen molar-refractivity contribution >= 4 is 17.8 Å². The normalized spacial score (nSPS) is 25.0. The van der Waals surface area contributed by atoms with Gasteiger partial charge in [-0.2, -0.15) is 0 Å². The fourth-order valence-corrected chi connectivity index (χ4v) is 3.07. The number of esters is 1. The number of ether oxygens (including phenoxy) is 3. The van der Waals surface area contributed by atoms with E-state index >= 15 is 0 Å². The fourth-order valence-electron chi connectivity index (χ4n) is 3.07. The molecule has 0 bridgehead atoms. The molecule has 33 heavy (non-hydrogen) atoms. The van der Waals surface area contributed by atoms with E-state index in [2.05, 4.69) is 0 Å². The van der Waals surface area contributed by atoms with E-state index in [1.54, 1.807) is 0 Å². The van der Waals surface area contributed by atoms with Gasteiger partial charge in [-0.25, -0.2) is 4.79 Å². The van der Waals surface area contributed by atoms with E-state index in [0.717, 1.165) is 6.08 Å². The second kappa shape index (κ2) is 10.5. The Kier molecular flexibility index (Phi) is 7.67. The zero-order chi connectivity index (χ0) is 24.1. The molecule has 0 radical (unpaired) electrons. The summed E-state index contributed by atoms with van der Waals surface area (Å²) in [5, 5.41) is 49.3.